The van der Waals surface area contributed by atoms with Gasteiger partial charge in [0, 0.05) is 0 Å². The zero-order valence-electron chi connectivity index (χ0n) is 19.4. The first-order valence-electron chi connectivity index (χ1n) is 12.0. The van der Waals surface area contributed by atoms with E-state index in [1.165, 1.54) is 0 Å². The van der Waals surface area contributed by atoms with E-state index in [1.54, 1.807) is 6.92 Å². The molecule has 0 aliphatic heterocycles. The standard InChI is InChI=1S/C26H40O5/c1-4-6-12-20(5-2)17-24(19(3)27)31-26(29)23-16-11-10-15-22(23)25(28)30-18-21-13-8-7-9-14-21/h7-9,13-14,19-20,22-24,27H,4-6,10-12,15-18H2,1-3H3. The summed E-state index contributed by atoms with van der Waals surface area (Å²) in [4.78, 5) is 25.8. The number of hydrogen-bond donors (Lipinski definition) is 1. The van der Waals surface area contributed by atoms with Gasteiger partial charge in [-0.25, -0.2) is 0 Å². The minimum absolute atomic E-state index is 0.212. The predicted octanol–water partition coefficient (Wildman–Crippen LogP) is 5.44. The second-order valence-electron chi connectivity index (χ2n) is 8.96. The molecule has 5 nitrogen and oxygen atoms in total. The van der Waals surface area contributed by atoms with Crippen LogP contribution in [0, 0.1) is 17.8 Å². The second-order valence-corrected chi connectivity index (χ2v) is 8.96. The number of carbonyl (C=O) groups excluding carboxylic acids is 2. The van der Waals surface area contributed by atoms with Gasteiger partial charge in [-0.1, -0.05) is 82.7 Å². The van der Waals surface area contributed by atoms with Gasteiger partial charge in [-0.3, -0.25) is 9.59 Å². The molecule has 1 aliphatic carbocycles. The summed E-state index contributed by atoms with van der Waals surface area (Å²) in [5, 5.41) is 10.2. The van der Waals surface area contributed by atoms with Crippen LogP contribution in [0.5, 0.6) is 0 Å². The SMILES string of the molecule is CCCCC(CC)CC(OC(=O)C1CCCCC1C(=O)OCc1ccccc1)C(C)O. The Kier molecular flexibility index (Phi) is 11.1. The van der Waals surface area contributed by atoms with Crippen LogP contribution < -0.4 is 0 Å². The summed E-state index contributed by atoms with van der Waals surface area (Å²) in [6.45, 7) is 6.20. The first-order valence-corrected chi connectivity index (χ1v) is 12.0. The van der Waals surface area contributed by atoms with Gasteiger partial charge in [0.05, 0.1) is 17.9 Å². The van der Waals surface area contributed by atoms with Gasteiger partial charge in [-0.15, -0.1) is 0 Å². The molecule has 1 fully saturated rings. The van der Waals surface area contributed by atoms with E-state index in [0.717, 1.165) is 44.1 Å². The smallest absolute Gasteiger partial charge is 0.310 e. The molecule has 1 aliphatic rings. The Morgan fingerprint density at radius 2 is 1.71 bits per heavy atom. The van der Waals surface area contributed by atoms with Crippen molar-refractivity contribution in [3.8, 4) is 0 Å². The Morgan fingerprint density at radius 3 is 2.29 bits per heavy atom. The lowest BCUT2D eigenvalue weighted by Gasteiger charge is -2.31. The van der Waals surface area contributed by atoms with Crippen LogP contribution >= 0.6 is 0 Å². The summed E-state index contributed by atoms with van der Waals surface area (Å²) in [5.41, 5.74) is 0.928. The number of aliphatic hydroxyl groups excluding tert-OH is 1. The van der Waals surface area contributed by atoms with Crippen LogP contribution in [0.3, 0.4) is 0 Å². The monoisotopic (exact) mass is 432 g/mol. The van der Waals surface area contributed by atoms with Gasteiger partial charge in [0.15, 0.2) is 0 Å². The highest BCUT2D eigenvalue weighted by molar-refractivity contribution is 5.82. The fraction of sp³-hybridized carbons (Fsp3) is 0.692. The third kappa shape index (κ3) is 8.29. The summed E-state index contributed by atoms with van der Waals surface area (Å²) in [7, 11) is 0. The van der Waals surface area contributed by atoms with Crippen molar-refractivity contribution in [3.63, 3.8) is 0 Å². The van der Waals surface area contributed by atoms with E-state index in [4.69, 9.17) is 9.47 Å². The Morgan fingerprint density at radius 1 is 1.06 bits per heavy atom. The van der Waals surface area contributed by atoms with Crippen molar-refractivity contribution in [2.24, 2.45) is 17.8 Å². The van der Waals surface area contributed by atoms with Crippen LogP contribution in [-0.2, 0) is 25.7 Å². The number of carbonyl (C=O) groups is 2. The van der Waals surface area contributed by atoms with Crippen LogP contribution in [0.25, 0.3) is 0 Å². The van der Waals surface area contributed by atoms with Crippen molar-refractivity contribution < 1.29 is 24.2 Å². The van der Waals surface area contributed by atoms with Crippen molar-refractivity contribution in [2.75, 3.05) is 0 Å². The summed E-state index contributed by atoms with van der Waals surface area (Å²) < 4.78 is 11.3. The summed E-state index contributed by atoms with van der Waals surface area (Å²) >= 11 is 0. The highest BCUT2D eigenvalue weighted by atomic mass is 16.6. The van der Waals surface area contributed by atoms with E-state index < -0.39 is 24.0 Å². The molecule has 0 heterocycles. The van der Waals surface area contributed by atoms with Gasteiger partial charge < -0.3 is 14.6 Å². The number of benzene rings is 1. The molecule has 174 valence electrons. The maximum Gasteiger partial charge on any atom is 0.310 e. The molecule has 0 aromatic heterocycles. The molecule has 0 saturated heterocycles. The van der Waals surface area contributed by atoms with Crippen molar-refractivity contribution >= 4 is 11.9 Å². The van der Waals surface area contributed by atoms with E-state index >= 15 is 0 Å². The summed E-state index contributed by atoms with van der Waals surface area (Å²) in [6, 6.07) is 9.56. The normalized spacial score (nSPS) is 21.7. The number of hydrogen-bond acceptors (Lipinski definition) is 5. The lowest BCUT2D eigenvalue weighted by atomic mass is 9.79. The molecule has 5 heteroatoms. The molecular weight excluding hydrogens is 392 g/mol. The zero-order valence-corrected chi connectivity index (χ0v) is 19.4. The molecule has 0 bridgehead atoms. The number of rotatable bonds is 12. The predicted molar refractivity (Wildman–Crippen MR) is 121 cm³/mol. The minimum Gasteiger partial charge on any atom is -0.461 e. The van der Waals surface area contributed by atoms with Gasteiger partial charge in [-0.05, 0) is 37.7 Å². The average molecular weight is 433 g/mol. The van der Waals surface area contributed by atoms with Crippen molar-refractivity contribution in [1.29, 1.82) is 0 Å². The molecule has 0 amide bonds. The molecule has 5 unspecified atom stereocenters. The lowest BCUT2D eigenvalue weighted by molar-refractivity contribution is -0.171. The Balaban J connectivity index is 1.97. The third-order valence-electron chi connectivity index (χ3n) is 6.51. The fourth-order valence-electron chi connectivity index (χ4n) is 4.42. The minimum atomic E-state index is -0.730. The van der Waals surface area contributed by atoms with Crippen molar-refractivity contribution in [1.82, 2.24) is 0 Å². The molecule has 1 saturated carbocycles. The molecule has 1 N–H and O–H groups in total. The first kappa shape index (κ1) is 25.4. The molecule has 31 heavy (non-hydrogen) atoms. The first-order chi connectivity index (χ1) is 15.0. The molecule has 0 spiro atoms. The molecule has 2 rings (SSSR count). The highest BCUT2D eigenvalue weighted by Gasteiger charge is 2.39. The topological polar surface area (TPSA) is 72.8 Å². The van der Waals surface area contributed by atoms with Gasteiger partial charge in [0.2, 0.25) is 0 Å². The van der Waals surface area contributed by atoms with Crippen LogP contribution in [0.15, 0.2) is 30.3 Å². The molecule has 5 atom stereocenters. The summed E-state index contributed by atoms with van der Waals surface area (Å²) in [5.74, 6) is -1.23. The molecule has 1 aromatic carbocycles. The molecule has 1 aromatic rings. The van der Waals surface area contributed by atoms with E-state index in [0.29, 0.717) is 25.2 Å². The Labute approximate surface area is 187 Å². The average Bonchev–Trinajstić information content (AvgIpc) is 2.79. The highest BCUT2D eigenvalue weighted by Crippen LogP contribution is 2.33. The third-order valence-corrected chi connectivity index (χ3v) is 6.51. The quantitative estimate of drug-likeness (QED) is 0.446. The largest absolute Gasteiger partial charge is 0.461 e. The number of unbranched alkanes of at least 4 members (excludes halogenated alkanes) is 1. The van der Waals surface area contributed by atoms with E-state index in [9.17, 15) is 14.7 Å². The van der Waals surface area contributed by atoms with Crippen LogP contribution in [0.1, 0.15) is 84.1 Å². The van der Waals surface area contributed by atoms with Gasteiger partial charge >= 0.3 is 11.9 Å². The van der Waals surface area contributed by atoms with Crippen LogP contribution in [0.4, 0.5) is 0 Å². The van der Waals surface area contributed by atoms with Gasteiger partial charge in [0.1, 0.15) is 12.7 Å². The zero-order chi connectivity index (χ0) is 22.6. The second kappa shape index (κ2) is 13.5. The number of aliphatic hydroxyl groups is 1. The maximum absolute atomic E-state index is 13.0. The lowest BCUT2D eigenvalue weighted by Crippen LogP contribution is -2.39. The van der Waals surface area contributed by atoms with E-state index in [1.807, 2.05) is 30.3 Å². The van der Waals surface area contributed by atoms with Gasteiger partial charge in [0.25, 0.3) is 0 Å². The van der Waals surface area contributed by atoms with Crippen LogP contribution in [-0.4, -0.2) is 29.3 Å². The summed E-state index contributed by atoms with van der Waals surface area (Å²) in [6.07, 6.45) is 6.81. The Hall–Kier alpha value is -1.88. The van der Waals surface area contributed by atoms with Gasteiger partial charge in [-0.2, -0.15) is 0 Å². The van der Waals surface area contributed by atoms with E-state index in [-0.39, 0.29) is 18.5 Å². The van der Waals surface area contributed by atoms with Crippen molar-refractivity contribution in [3.05, 3.63) is 35.9 Å². The maximum atomic E-state index is 13.0. The van der Waals surface area contributed by atoms with Crippen molar-refractivity contribution in [2.45, 2.75) is 97.4 Å². The van der Waals surface area contributed by atoms with E-state index in [2.05, 4.69) is 13.8 Å². The molecular formula is C26H40O5. The number of ether oxygens (including phenoxy) is 2. The Bertz CT molecular complexity index is 657. The van der Waals surface area contributed by atoms with Crippen LogP contribution in [0.2, 0.25) is 0 Å². The fourth-order valence-corrected chi connectivity index (χ4v) is 4.42. The molecule has 0 radical (unpaired) electrons. The number of esters is 2.